The number of aromatic nitrogens is 1. The highest BCUT2D eigenvalue weighted by molar-refractivity contribution is 7.10. The van der Waals surface area contributed by atoms with Gasteiger partial charge in [-0.25, -0.2) is 4.98 Å². The van der Waals surface area contributed by atoms with Crippen LogP contribution in [0.15, 0.2) is 12.3 Å². The SMILES string of the molecule is [B]Oc1cc(C(=O)NCC23CCN(CC2)CC3)ncc1OP. The van der Waals surface area contributed by atoms with E-state index >= 15 is 0 Å². The first-order valence-electron chi connectivity index (χ1n) is 7.40. The van der Waals surface area contributed by atoms with Gasteiger partial charge in [-0.2, -0.15) is 0 Å². The first-order chi connectivity index (χ1) is 10.7. The van der Waals surface area contributed by atoms with Crippen molar-refractivity contribution in [2.24, 2.45) is 5.41 Å². The second kappa shape index (κ2) is 6.43. The number of rotatable bonds is 5. The summed E-state index contributed by atoms with van der Waals surface area (Å²) < 4.78 is 9.68. The van der Waals surface area contributed by atoms with E-state index in [2.05, 4.69) is 24.7 Å². The molecule has 0 aliphatic carbocycles. The number of hydrogen-bond acceptors (Lipinski definition) is 5. The van der Waals surface area contributed by atoms with Crippen molar-refractivity contribution in [3.05, 3.63) is 18.0 Å². The quantitative estimate of drug-likeness (QED) is 0.646. The van der Waals surface area contributed by atoms with Gasteiger partial charge in [0.15, 0.2) is 5.75 Å². The Kier molecular flexibility index (Phi) is 4.55. The van der Waals surface area contributed by atoms with Gasteiger partial charge in [-0.1, -0.05) is 0 Å². The van der Waals surface area contributed by atoms with Crippen molar-refractivity contribution in [2.75, 3.05) is 26.2 Å². The largest absolute Gasteiger partial charge is 0.565 e. The predicted molar refractivity (Wildman–Crippen MR) is 86.0 cm³/mol. The third kappa shape index (κ3) is 3.06. The number of hydrogen-bond donors (Lipinski definition) is 1. The first kappa shape index (κ1) is 15.6. The zero-order valence-corrected chi connectivity index (χ0v) is 13.5. The second-order valence-corrected chi connectivity index (χ2v) is 6.26. The maximum Gasteiger partial charge on any atom is 0.374 e. The molecular weight excluding hydrogens is 300 g/mol. The molecule has 3 aliphatic heterocycles. The molecule has 2 bridgehead atoms. The van der Waals surface area contributed by atoms with Gasteiger partial charge in [0.05, 0.1) is 15.7 Å². The van der Waals surface area contributed by atoms with Crippen molar-refractivity contribution >= 4 is 23.4 Å². The number of nitrogens with zero attached hydrogens (tertiary/aromatic N) is 2. The molecule has 1 atom stereocenters. The summed E-state index contributed by atoms with van der Waals surface area (Å²) in [6.45, 7) is 4.11. The molecule has 1 amide bonds. The monoisotopic (exact) mass is 319 g/mol. The molecule has 116 valence electrons. The Balaban J connectivity index is 1.64. The van der Waals surface area contributed by atoms with Crippen molar-refractivity contribution < 1.29 is 14.0 Å². The molecule has 0 spiro atoms. The van der Waals surface area contributed by atoms with Gasteiger partial charge in [0.25, 0.3) is 5.91 Å². The van der Waals surface area contributed by atoms with Crippen molar-refractivity contribution in [1.29, 1.82) is 0 Å². The van der Waals surface area contributed by atoms with E-state index in [4.69, 9.17) is 17.2 Å². The summed E-state index contributed by atoms with van der Waals surface area (Å²) in [6, 6.07) is 1.48. The van der Waals surface area contributed by atoms with E-state index in [0.29, 0.717) is 12.3 Å². The highest BCUT2D eigenvalue weighted by atomic mass is 31.0. The van der Waals surface area contributed by atoms with Crippen LogP contribution in [0, 0.1) is 5.41 Å². The summed E-state index contributed by atoms with van der Waals surface area (Å²) in [5, 5.41) is 3.01. The molecule has 1 unspecified atom stereocenters. The molecule has 0 saturated carbocycles. The van der Waals surface area contributed by atoms with Crippen LogP contribution in [0.1, 0.15) is 29.8 Å². The van der Waals surface area contributed by atoms with Gasteiger partial charge < -0.3 is 19.4 Å². The van der Waals surface area contributed by atoms with Crippen LogP contribution in [-0.4, -0.2) is 50.0 Å². The number of fused-ring (bicyclic) bond motifs is 3. The van der Waals surface area contributed by atoms with Crippen LogP contribution in [0.3, 0.4) is 0 Å². The van der Waals surface area contributed by atoms with Gasteiger partial charge in [0.2, 0.25) is 0 Å². The van der Waals surface area contributed by atoms with E-state index in [1.54, 1.807) is 0 Å². The van der Waals surface area contributed by atoms with Crippen molar-refractivity contribution in [3.63, 3.8) is 0 Å². The smallest absolute Gasteiger partial charge is 0.374 e. The fourth-order valence-corrected chi connectivity index (χ4v) is 3.43. The Morgan fingerprint density at radius 2 is 2.05 bits per heavy atom. The molecule has 1 aromatic rings. The highest BCUT2D eigenvalue weighted by Gasteiger charge is 2.39. The standard InChI is InChI=1S/C14H19BN3O3P/c15-20-11-7-10(16-8-12(11)21-22)13(19)17-9-14-1-4-18(5-2-14)6-3-14/h7-8H,1-6,9,22H2,(H,17,19). The topological polar surface area (TPSA) is 63.7 Å². The molecule has 3 saturated heterocycles. The number of amides is 1. The van der Waals surface area contributed by atoms with Gasteiger partial charge in [-0.3, -0.25) is 4.79 Å². The van der Waals surface area contributed by atoms with Crippen molar-refractivity contribution in [3.8, 4) is 11.5 Å². The number of piperidine rings is 3. The minimum Gasteiger partial charge on any atom is -0.565 e. The summed E-state index contributed by atoms with van der Waals surface area (Å²) >= 11 is 0. The molecule has 4 heterocycles. The molecule has 3 aliphatic rings. The molecule has 4 rings (SSSR count). The number of carbonyl (C=O) groups is 1. The molecule has 8 heteroatoms. The summed E-state index contributed by atoms with van der Waals surface area (Å²) in [4.78, 5) is 18.9. The van der Waals surface area contributed by atoms with E-state index in [-0.39, 0.29) is 22.8 Å². The van der Waals surface area contributed by atoms with Gasteiger partial charge in [-0.15, -0.1) is 0 Å². The van der Waals surface area contributed by atoms with Crippen LogP contribution < -0.4 is 14.5 Å². The van der Waals surface area contributed by atoms with E-state index in [0.717, 1.165) is 38.9 Å². The average molecular weight is 319 g/mol. The Morgan fingerprint density at radius 1 is 1.36 bits per heavy atom. The molecule has 0 aromatic carbocycles. The van der Waals surface area contributed by atoms with Gasteiger partial charge in [-0.05, 0) is 44.3 Å². The molecule has 1 aromatic heterocycles. The fourth-order valence-electron chi connectivity index (χ4n) is 3.25. The van der Waals surface area contributed by atoms with E-state index in [9.17, 15) is 4.79 Å². The van der Waals surface area contributed by atoms with E-state index in [1.807, 2.05) is 0 Å². The second-order valence-electron chi connectivity index (χ2n) is 6.03. The number of carbonyl (C=O) groups excluding carboxylic acids is 1. The van der Waals surface area contributed by atoms with Crippen LogP contribution in [0.5, 0.6) is 11.5 Å². The van der Waals surface area contributed by atoms with Crippen LogP contribution >= 0.6 is 9.47 Å². The van der Waals surface area contributed by atoms with Crippen LogP contribution in [0.2, 0.25) is 0 Å². The molecule has 3 fully saturated rings. The third-order valence-electron chi connectivity index (χ3n) is 4.82. The number of nitrogens with one attached hydrogen (secondary N) is 1. The lowest BCUT2D eigenvalue weighted by atomic mass is 9.72. The Bertz CT molecular complexity index is 550. The molecule has 6 nitrogen and oxygen atoms in total. The first-order valence-corrected chi connectivity index (χ1v) is 7.87. The van der Waals surface area contributed by atoms with Crippen LogP contribution in [-0.2, 0) is 0 Å². The molecular formula is C14H19BN3O3P. The third-order valence-corrected chi connectivity index (χ3v) is 5.07. The van der Waals surface area contributed by atoms with E-state index in [1.165, 1.54) is 12.3 Å². The Labute approximate surface area is 133 Å². The van der Waals surface area contributed by atoms with Gasteiger partial charge in [0, 0.05) is 12.6 Å². The summed E-state index contributed by atoms with van der Waals surface area (Å²) in [6.07, 6.45) is 4.87. The van der Waals surface area contributed by atoms with Crippen LogP contribution in [0.25, 0.3) is 0 Å². The molecule has 22 heavy (non-hydrogen) atoms. The summed E-state index contributed by atoms with van der Waals surface area (Å²) in [5.74, 6) is 0.428. The minimum absolute atomic E-state index is 0.212. The van der Waals surface area contributed by atoms with Crippen LogP contribution in [0.4, 0.5) is 0 Å². The van der Waals surface area contributed by atoms with Gasteiger partial charge >= 0.3 is 8.05 Å². The Hall–Kier alpha value is -1.33. The average Bonchev–Trinajstić information content (AvgIpc) is 2.60. The summed E-state index contributed by atoms with van der Waals surface area (Å²) in [5.41, 5.74) is 0.525. The maximum atomic E-state index is 12.3. The zero-order valence-electron chi connectivity index (χ0n) is 12.4. The summed E-state index contributed by atoms with van der Waals surface area (Å²) in [7, 11) is 7.27. The van der Waals surface area contributed by atoms with E-state index < -0.39 is 0 Å². The Morgan fingerprint density at radius 3 is 2.64 bits per heavy atom. The fraction of sp³-hybridized carbons (Fsp3) is 0.571. The lowest BCUT2D eigenvalue weighted by Gasteiger charge is -2.48. The zero-order chi connectivity index (χ0) is 15.6. The predicted octanol–water partition coefficient (Wildman–Crippen LogP) is 0.928. The van der Waals surface area contributed by atoms with Crippen molar-refractivity contribution in [2.45, 2.75) is 19.3 Å². The van der Waals surface area contributed by atoms with Crippen molar-refractivity contribution in [1.82, 2.24) is 15.2 Å². The molecule has 2 radical (unpaired) electrons. The highest BCUT2D eigenvalue weighted by Crippen LogP contribution is 2.39. The normalized spacial score (nSPS) is 26.5. The lowest BCUT2D eigenvalue weighted by Crippen LogP contribution is -2.52. The lowest BCUT2D eigenvalue weighted by molar-refractivity contribution is 0.0261. The number of pyridine rings is 1. The van der Waals surface area contributed by atoms with Gasteiger partial charge in [0.1, 0.15) is 11.4 Å². The minimum atomic E-state index is -0.212. The molecule has 1 N–H and O–H groups in total. The maximum absolute atomic E-state index is 12.3.